The molecule has 1 amide bonds. The third kappa shape index (κ3) is 5.36. The number of anilines is 4. The van der Waals surface area contributed by atoms with Gasteiger partial charge in [-0.2, -0.15) is 9.97 Å². The molecule has 4 rings (SSSR count). The second-order valence-electron chi connectivity index (χ2n) is 7.36. The molecule has 3 heterocycles. The van der Waals surface area contributed by atoms with Crippen LogP contribution in [0.5, 0.6) is 0 Å². The number of primary amides is 1. The minimum atomic E-state index is -0.792. The Bertz CT molecular complexity index is 1070. The summed E-state index contributed by atoms with van der Waals surface area (Å²) in [5, 5.41) is 6.38. The van der Waals surface area contributed by atoms with E-state index >= 15 is 0 Å². The number of nitrogens with one attached hydrogen (secondary N) is 2. The number of carbonyl (C=O) groups excluding carboxylic acids is 1. The summed E-state index contributed by atoms with van der Waals surface area (Å²) >= 11 is 0. The predicted molar refractivity (Wildman–Crippen MR) is 117 cm³/mol. The molecule has 1 aliphatic rings. The summed E-state index contributed by atoms with van der Waals surface area (Å²) in [4.78, 5) is 30.5. The van der Waals surface area contributed by atoms with Crippen molar-refractivity contribution in [2.45, 2.75) is 25.5 Å². The highest BCUT2D eigenvalue weighted by Crippen LogP contribution is 2.26. The second-order valence-corrected chi connectivity index (χ2v) is 7.36. The van der Waals surface area contributed by atoms with E-state index in [0.717, 1.165) is 5.56 Å². The smallest absolute Gasteiger partial charge is 0.404 e. The number of nitrogens with zero attached hydrogens (tertiary/aromatic N) is 5. The Balaban J connectivity index is 1.58. The molecule has 4 N–H and O–H groups in total. The first-order chi connectivity index (χ1) is 15.5. The molecule has 2 atom stereocenters. The monoisotopic (exact) mass is 438 g/mol. The maximum absolute atomic E-state index is 13.3. The lowest BCUT2D eigenvalue weighted by Crippen LogP contribution is -2.27. The quantitative estimate of drug-likeness (QED) is 0.509. The standard InChI is InChI=1S/C21H23FN8O2/c1-13(14-2-4-15(22)5-3-14)26-21-28-17(27-18-11-24-7-8-25-18)10-19(29-21)30-9-6-16(12-30)32-20(23)31/h2-5,7-8,10-11,13,16H,6,9,12H2,1H3,(H2,23,31)(H2,25,26,27,28,29). The number of rotatable bonds is 7. The molecule has 1 aliphatic heterocycles. The van der Waals surface area contributed by atoms with Gasteiger partial charge < -0.3 is 26.0 Å². The van der Waals surface area contributed by atoms with Crippen molar-refractivity contribution in [2.75, 3.05) is 28.6 Å². The Kier molecular flexibility index (Phi) is 6.24. The zero-order valence-corrected chi connectivity index (χ0v) is 17.4. The van der Waals surface area contributed by atoms with Gasteiger partial charge in [-0.1, -0.05) is 12.1 Å². The zero-order valence-electron chi connectivity index (χ0n) is 17.4. The van der Waals surface area contributed by atoms with Crippen molar-refractivity contribution in [3.05, 3.63) is 60.3 Å². The fourth-order valence-corrected chi connectivity index (χ4v) is 3.45. The molecular formula is C21H23FN8O2. The van der Waals surface area contributed by atoms with Gasteiger partial charge in [-0.25, -0.2) is 14.2 Å². The van der Waals surface area contributed by atoms with Crippen LogP contribution in [0.4, 0.5) is 32.6 Å². The van der Waals surface area contributed by atoms with E-state index in [4.69, 9.17) is 10.5 Å². The van der Waals surface area contributed by atoms with E-state index < -0.39 is 6.09 Å². The lowest BCUT2D eigenvalue weighted by molar-refractivity contribution is 0.117. The summed E-state index contributed by atoms with van der Waals surface area (Å²) < 4.78 is 18.4. The van der Waals surface area contributed by atoms with Crippen LogP contribution in [0.15, 0.2) is 48.9 Å². The summed E-state index contributed by atoms with van der Waals surface area (Å²) in [6, 6.07) is 7.86. The minimum Gasteiger partial charge on any atom is -0.444 e. The first-order valence-corrected chi connectivity index (χ1v) is 10.1. The number of hydrogen-bond donors (Lipinski definition) is 3. The number of amides is 1. The molecule has 166 valence electrons. The minimum absolute atomic E-state index is 0.167. The normalized spacial score (nSPS) is 16.4. The molecule has 1 aromatic carbocycles. The molecule has 2 aromatic heterocycles. The van der Waals surface area contributed by atoms with Crippen molar-refractivity contribution >= 4 is 29.5 Å². The molecule has 0 saturated carbocycles. The molecule has 0 bridgehead atoms. The number of halogens is 1. The van der Waals surface area contributed by atoms with E-state index in [-0.39, 0.29) is 18.0 Å². The van der Waals surface area contributed by atoms with Crippen molar-refractivity contribution < 1.29 is 13.9 Å². The number of carbonyl (C=O) groups is 1. The summed E-state index contributed by atoms with van der Waals surface area (Å²) in [5.74, 6) is 1.78. The van der Waals surface area contributed by atoms with Gasteiger partial charge in [0, 0.05) is 31.4 Å². The average molecular weight is 438 g/mol. The van der Waals surface area contributed by atoms with Gasteiger partial charge in [0.25, 0.3) is 0 Å². The molecule has 10 nitrogen and oxygen atoms in total. The van der Waals surface area contributed by atoms with Gasteiger partial charge in [0.15, 0.2) is 0 Å². The second kappa shape index (κ2) is 9.41. The summed E-state index contributed by atoms with van der Waals surface area (Å²) in [7, 11) is 0. The molecule has 0 radical (unpaired) electrons. The van der Waals surface area contributed by atoms with Crippen LogP contribution in [0.25, 0.3) is 0 Å². The van der Waals surface area contributed by atoms with Gasteiger partial charge in [0.1, 0.15) is 29.4 Å². The Labute approximate surface area is 184 Å². The van der Waals surface area contributed by atoms with Crippen molar-refractivity contribution in [1.82, 2.24) is 19.9 Å². The number of nitrogens with two attached hydrogens (primary N) is 1. The number of hydrogen-bond acceptors (Lipinski definition) is 9. The highest BCUT2D eigenvalue weighted by molar-refractivity contribution is 5.65. The number of ether oxygens (including phenoxy) is 1. The highest BCUT2D eigenvalue weighted by Gasteiger charge is 2.27. The van der Waals surface area contributed by atoms with Crippen molar-refractivity contribution in [2.24, 2.45) is 5.73 Å². The predicted octanol–water partition coefficient (Wildman–Crippen LogP) is 3.00. The molecular weight excluding hydrogens is 415 g/mol. The van der Waals surface area contributed by atoms with E-state index in [2.05, 4.69) is 30.6 Å². The largest absolute Gasteiger partial charge is 0.444 e. The van der Waals surface area contributed by atoms with Crippen LogP contribution in [-0.2, 0) is 4.74 Å². The van der Waals surface area contributed by atoms with Crippen LogP contribution in [0.3, 0.4) is 0 Å². The van der Waals surface area contributed by atoms with Gasteiger partial charge in [-0.05, 0) is 24.6 Å². The van der Waals surface area contributed by atoms with Crippen LogP contribution in [-0.4, -0.2) is 45.2 Å². The Morgan fingerprint density at radius 2 is 2.06 bits per heavy atom. The van der Waals surface area contributed by atoms with E-state index in [1.54, 1.807) is 36.8 Å². The van der Waals surface area contributed by atoms with Gasteiger partial charge in [-0.15, -0.1) is 0 Å². The van der Waals surface area contributed by atoms with Crippen LogP contribution >= 0.6 is 0 Å². The Morgan fingerprint density at radius 1 is 1.25 bits per heavy atom. The molecule has 2 unspecified atom stereocenters. The van der Waals surface area contributed by atoms with Crippen molar-refractivity contribution in [3.8, 4) is 0 Å². The summed E-state index contributed by atoms with van der Waals surface area (Å²) in [5.41, 5.74) is 6.04. The first-order valence-electron chi connectivity index (χ1n) is 10.1. The van der Waals surface area contributed by atoms with Gasteiger partial charge >= 0.3 is 6.09 Å². The zero-order chi connectivity index (χ0) is 22.5. The van der Waals surface area contributed by atoms with Gasteiger partial charge in [-0.3, -0.25) is 4.98 Å². The molecule has 0 aliphatic carbocycles. The van der Waals surface area contributed by atoms with Crippen LogP contribution in [0.2, 0.25) is 0 Å². The SMILES string of the molecule is CC(Nc1nc(Nc2cnccn2)cc(N2CCC(OC(N)=O)C2)n1)c1ccc(F)cc1. The maximum atomic E-state index is 13.3. The molecule has 3 aromatic rings. The fourth-order valence-electron chi connectivity index (χ4n) is 3.45. The summed E-state index contributed by atoms with van der Waals surface area (Å²) in [6.07, 6.45) is 4.30. The van der Waals surface area contributed by atoms with E-state index in [1.165, 1.54) is 12.1 Å². The van der Waals surface area contributed by atoms with E-state index in [1.807, 2.05) is 11.8 Å². The lowest BCUT2D eigenvalue weighted by Gasteiger charge is -2.21. The maximum Gasteiger partial charge on any atom is 0.404 e. The molecule has 1 fully saturated rings. The van der Waals surface area contributed by atoms with Crippen LogP contribution < -0.4 is 21.3 Å². The fraction of sp³-hybridized carbons (Fsp3) is 0.286. The Morgan fingerprint density at radius 3 is 2.78 bits per heavy atom. The third-order valence-electron chi connectivity index (χ3n) is 5.00. The van der Waals surface area contributed by atoms with E-state index in [0.29, 0.717) is 42.9 Å². The highest BCUT2D eigenvalue weighted by atomic mass is 19.1. The molecule has 1 saturated heterocycles. The topological polar surface area (TPSA) is 131 Å². The van der Waals surface area contributed by atoms with Crippen LogP contribution in [0.1, 0.15) is 24.9 Å². The third-order valence-corrected chi connectivity index (χ3v) is 5.00. The summed E-state index contributed by atoms with van der Waals surface area (Å²) in [6.45, 7) is 3.05. The van der Waals surface area contributed by atoms with Gasteiger partial charge in [0.05, 0.1) is 18.8 Å². The van der Waals surface area contributed by atoms with E-state index in [9.17, 15) is 9.18 Å². The van der Waals surface area contributed by atoms with Gasteiger partial charge in [0.2, 0.25) is 5.95 Å². The molecule has 11 heteroatoms. The van der Waals surface area contributed by atoms with Crippen molar-refractivity contribution in [1.29, 1.82) is 0 Å². The lowest BCUT2D eigenvalue weighted by atomic mass is 10.1. The number of aromatic nitrogens is 4. The van der Waals surface area contributed by atoms with Crippen molar-refractivity contribution in [3.63, 3.8) is 0 Å². The molecule has 0 spiro atoms. The van der Waals surface area contributed by atoms with Crippen LogP contribution in [0, 0.1) is 5.82 Å². The number of benzene rings is 1. The molecule has 32 heavy (non-hydrogen) atoms. The Hall–Kier alpha value is -4.02. The first kappa shape index (κ1) is 21.2. The average Bonchev–Trinajstić information content (AvgIpc) is 3.22.